The van der Waals surface area contributed by atoms with Gasteiger partial charge in [-0.2, -0.15) is 0 Å². The van der Waals surface area contributed by atoms with Crippen LogP contribution in [0.5, 0.6) is 0 Å². The molecule has 0 aliphatic rings. The molecule has 0 saturated carbocycles. The average molecular weight is 324 g/mol. The summed E-state index contributed by atoms with van der Waals surface area (Å²) in [4.78, 5) is 23.6. The number of amides is 1. The second-order valence-corrected chi connectivity index (χ2v) is 8.22. The van der Waals surface area contributed by atoms with Crippen molar-refractivity contribution in [2.75, 3.05) is 5.75 Å². The molecular weight excluding hydrogens is 300 g/mol. The lowest BCUT2D eigenvalue weighted by molar-refractivity contribution is -0.156. The average Bonchev–Trinajstić information content (AvgIpc) is 2.07. The van der Waals surface area contributed by atoms with Crippen LogP contribution in [0.1, 0.15) is 41.5 Å². The number of nitrogens with one attached hydrogen (secondary N) is 1. The fraction of sp³-hybridized carbons (Fsp3) is 0.833. The number of esters is 1. The Morgan fingerprint density at radius 1 is 1.05 bits per heavy atom. The van der Waals surface area contributed by atoms with E-state index in [9.17, 15) is 18.0 Å². The maximum atomic E-state index is 11.9. The standard InChI is InChI=1S/C12H24N2O6S/c1-11(2,3)19-9(15)8(7-21(13,17)18)14-10(16)20-12(4,5)6/h8H,7H2,1-6H3,(H,14,16)(H2,13,17,18)/t8-/m1/s1. The van der Waals surface area contributed by atoms with Gasteiger partial charge in [0.15, 0.2) is 0 Å². The highest BCUT2D eigenvalue weighted by Gasteiger charge is 2.31. The van der Waals surface area contributed by atoms with Crippen molar-refractivity contribution < 1.29 is 27.5 Å². The minimum Gasteiger partial charge on any atom is -0.458 e. The first-order valence-electron chi connectivity index (χ1n) is 6.32. The number of rotatable bonds is 4. The largest absolute Gasteiger partial charge is 0.458 e. The summed E-state index contributed by atoms with van der Waals surface area (Å²) in [5.74, 6) is -1.68. The Labute approximate surface area is 125 Å². The molecule has 0 radical (unpaired) electrons. The molecule has 8 nitrogen and oxygen atoms in total. The Balaban J connectivity index is 4.99. The molecule has 0 bridgehead atoms. The van der Waals surface area contributed by atoms with Gasteiger partial charge in [-0.05, 0) is 41.5 Å². The Morgan fingerprint density at radius 3 is 1.81 bits per heavy atom. The van der Waals surface area contributed by atoms with E-state index in [0.29, 0.717) is 0 Å². The number of carbonyl (C=O) groups is 2. The van der Waals surface area contributed by atoms with Crippen LogP contribution < -0.4 is 10.5 Å². The zero-order chi connectivity index (χ0) is 17.1. The molecule has 0 rings (SSSR count). The summed E-state index contributed by atoms with van der Waals surface area (Å²) in [6, 6.07) is -1.44. The van der Waals surface area contributed by atoms with Gasteiger partial charge in [-0.1, -0.05) is 0 Å². The molecule has 9 heteroatoms. The van der Waals surface area contributed by atoms with Crippen LogP contribution in [0.2, 0.25) is 0 Å². The van der Waals surface area contributed by atoms with Crippen LogP contribution in [0.4, 0.5) is 4.79 Å². The molecule has 0 aromatic rings. The predicted molar refractivity (Wildman–Crippen MR) is 77.0 cm³/mol. The van der Waals surface area contributed by atoms with Crippen LogP contribution >= 0.6 is 0 Å². The monoisotopic (exact) mass is 324 g/mol. The summed E-state index contributed by atoms with van der Waals surface area (Å²) in [6.07, 6.45) is -0.929. The van der Waals surface area contributed by atoms with Crippen molar-refractivity contribution in [3.8, 4) is 0 Å². The van der Waals surface area contributed by atoms with Gasteiger partial charge < -0.3 is 14.8 Å². The van der Waals surface area contributed by atoms with E-state index in [0.717, 1.165) is 0 Å². The number of sulfonamides is 1. The van der Waals surface area contributed by atoms with E-state index in [1.54, 1.807) is 41.5 Å². The fourth-order valence-electron chi connectivity index (χ4n) is 1.22. The first kappa shape index (κ1) is 19.7. The summed E-state index contributed by atoms with van der Waals surface area (Å²) in [5.41, 5.74) is -1.62. The van der Waals surface area contributed by atoms with E-state index in [4.69, 9.17) is 14.6 Å². The molecule has 0 unspecified atom stereocenters. The van der Waals surface area contributed by atoms with Crippen molar-refractivity contribution in [2.24, 2.45) is 5.14 Å². The number of hydrogen-bond acceptors (Lipinski definition) is 6. The van der Waals surface area contributed by atoms with Gasteiger partial charge >= 0.3 is 12.1 Å². The molecule has 0 aromatic carbocycles. The van der Waals surface area contributed by atoms with Gasteiger partial charge in [0.1, 0.15) is 17.2 Å². The van der Waals surface area contributed by atoms with Crippen LogP contribution in [0.25, 0.3) is 0 Å². The Kier molecular flexibility index (Phi) is 6.18. The smallest absolute Gasteiger partial charge is 0.408 e. The van der Waals surface area contributed by atoms with Gasteiger partial charge in [0.25, 0.3) is 0 Å². The second kappa shape index (κ2) is 6.61. The zero-order valence-corrected chi connectivity index (χ0v) is 14.0. The van der Waals surface area contributed by atoms with E-state index in [-0.39, 0.29) is 0 Å². The van der Waals surface area contributed by atoms with Gasteiger partial charge in [-0.15, -0.1) is 0 Å². The molecule has 0 aliphatic heterocycles. The number of alkyl carbamates (subject to hydrolysis) is 1. The summed E-state index contributed by atoms with van der Waals surface area (Å²) >= 11 is 0. The van der Waals surface area contributed by atoms with Crippen molar-refractivity contribution in [2.45, 2.75) is 58.8 Å². The van der Waals surface area contributed by atoms with Crippen LogP contribution in [-0.4, -0.2) is 43.5 Å². The predicted octanol–water partition coefficient (Wildman–Crippen LogP) is 0.510. The molecule has 0 heterocycles. The van der Waals surface area contributed by atoms with E-state index in [2.05, 4.69) is 5.32 Å². The number of hydrogen-bond donors (Lipinski definition) is 2. The van der Waals surface area contributed by atoms with Crippen LogP contribution in [0, 0.1) is 0 Å². The Bertz CT molecular complexity index is 487. The van der Waals surface area contributed by atoms with Gasteiger partial charge in [-0.25, -0.2) is 23.1 Å². The third-order valence-electron chi connectivity index (χ3n) is 1.78. The van der Waals surface area contributed by atoms with Crippen LogP contribution in [-0.2, 0) is 24.3 Å². The molecule has 0 aromatic heterocycles. The molecule has 1 atom stereocenters. The molecule has 3 N–H and O–H groups in total. The minimum absolute atomic E-state index is 0.777. The van der Waals surface area contributed by atoms with Gasteiger partial charge in [-0.3, -0.25) is 0 Å². The van der Waals surface area contributed by atoms with Crippen LogP contribution in [0.15, 0.2) is 0 Å². The number of carbonyl (C=O) groups excluding carboxylic acids is 2. The lowest BCUT2D eigenvalue weighted by atomic mass is 10.2. The number of nitrogens with two attached hydrogens (primary N) is 1. The van der Waals surface area contributed by atoms with Crippen LogP contribution in [0.3, 0.4) is 0 Å². The number of primary sulfonamides is 1. The lowest BCUT2D eigenvalue weighted by Crippen LogP contribution is -2.50. The molecule has 0 fully saturated rings. The third-order valence-corrected chi connectivity index (χ3v) is 2.58. The van der Waals surface area contributed by atoms with Crippen molar-refractivity contribution in [1.82, 2.24) is 5.32 Å². The van der Waals surface area contributed by atoms with Gasteiger partial charge in [0.05, 0.1) is 5.75 Å². The van der Waals surface area contributed by atoms with E-state index < -0.39 is 45.1 Å². The lowest BCUT2D eigenvalue weighted by Gasteiger charge is -2.25. The highest BCUT2D eigenvalue weighted by atomic mass is 32.2. The van der Waals surface area contributed by atoms with E-state index in [1.807, 2.05) is 0 Å². The maximum absolute atomic E-state index is 11.9. The van der Waals surface area contributed by atoms with Gasteiger partial charge in [0.2, 0.25) is 10.0 Å². The van der Waals surface area contributed by atoms with Gasteiger partial charge in [0, 0.05) is 0 Å². The van der Waals surface area contributed by atoms with Crippen molar-refractivity contribution in [1.29, 1.82) is 0 Å². The minimum atomic E-state index is -3.98. The highest BCUT2D eigenvalue weighted by Crippen LogP contribution is 2.10. The molecule has 124 valence electrons. The molecule has 0 aliphatic carbocycles. The van der Waals surface area contributed by atoms with E-state index in [1.165, 1.54) is 0 Å². The molecule has 0 spiro atoms. The molecule has 21 heavy (non-hydrogen) atoms. The maximum Gasteiger partial charge on any atom is 0.408 e. The fourth-order valence-corrected chi connectivity index (χ4v) is 1.91. The highest BCUT2D eigenvalue weighted by molar-refractivity contribution is 7.89. The quantitative estimate of drug-likeness (QED) is 0.726. The Hall–Kier alpha value is -1.35. The summed E-state index contributed by atoms with van der Waals surface area (Å²) in [7, 11) is -3.98. The zero-order valence-electron chi connectivity index (χ0n) is 13.2. The van der Waals surface area contributed by atoms with Crippen molar-refractivity contribution >= 4 is 22.1 Å². The summed E-state index contributed by atoms with van der Waals surface area (Å²) < 4.78 is 32.3. The van der Waals surface area contributed by atoms with Crippen molar-refractivity contribution in [3.05, 3.63) is 0 Å². The summed E-state index contributed by atoms with van der Waals surface area (Å²) in [6.45, 7) is 9.75. The summed E-state index contributed by atoms with van der Waals surface area (Å²) in [5, 5.41) is 7.07. The number of ether oxygens (including phenoxy) is 2. The topological polar surface area (TPSA) is 125 Å². The molecule has 0 saturated heterocycles. The normalized spacial score (nSPS) is 14.2. The first-order valence-corrected chi connectivity index (χ1v) is 8.03. The molecular formula is C12H24N2O6S. The first-order chi connectivity index (χ1) is 9.09. The SMILES string of the molecule is CC(C)(C)OC(=O)N[C@H](CS(N)(=O)=O)C(=O)OC(C)(C)C. The van der Waals surface area contributed by atoms with E-state index >= 15 is 0 Å². The molecule has 1 amide bonds. The van der Waals surface area contributed by atoms with Crippen molar-refractivity contribution in [3.63, 3.8) is 0 Å². The third kappa shape index (κ3) is 11.0. The second-order valence-electron chi connectivity index (χ2n) is 6.56. The Morgan fingerprint density at radius 2 is 1.48 bits per heavy atom.